The van der Waals surface area contributed by atoms with E-state index in [0.29, 0.717) is 29.2 Å². The van der Waals surface area contributed by atoms with Gasteiger partial charge in [-0.25, -0.2) is 0 Å². The van der Waals surface area contributed by atoms with Crippen molar-refractivity contribution in [1.82, 2.24) is 4.90 Å². The number of nitrogens with zero attached hydrogens (tertiary/aromatic N) is 1. The lowest BCUT2D eigenvalue weighted by Gasteiger charge is -2.13. The third-order valence-electron chi connectivity index (χ3n) is 3.45. The van der Waals surface area contributed by atoms with Crippen molar-refractivity contribution in [3.63, 3.8) is 0 Å². The molecule has 2 amide bonds. The predicted octanol–water partition coefficient (Wildman–Crippen LogP) is 2.49. The van der Waals surface area contributed by atoms with Crippen LogP contribution in [0.5, 0.6) is 11.5 Å². The number of hydrogen-bond donors (Lipinski definition) is 0. The molecule has 5 nitrogen and oxygen atoms in total. The van der Waals surface area contributed by atoms with Crippen LogP contribution in [-0.4, -0.2) is 37.5 Å². The molecule has 1 heterocycles. The Labute approximate surface area is 118 Å². The number of ether oxygens (including phenoxy) is 2. The van der Waals surface area contributed by atoms with Crippen LogP contribution >= 0.6 is 0 Å². The van der Waals surface area contributed by atoms with E-state index in [9.17, 15) is 9.59 Å². The minimum Gasteiger partial charge on any atom is -0.497 e. The molecule has 0 saturated carbocycles. The highest BCUT2D eigenvalue weighted by Crippen LogP contribution is 2.35. The summed E-state index contributed by atoms with van der Waals surface area (Å²) in [6.45, 7) is 2.53. The number of benzene rings is 1. The van der Waals surface area contributed by atoms with Crippen LogP contribution in [0.25, 0.3) is 0 Å². The summed E-state index contributed by atoms with van der Waals surface area (Å²) in [6.07, 6.45) is 2.86. The lowest BCUT2D eigenvalue weighted by molar-refractivity contribution is 0.0650. The number of carbonyl (C=O) groups is 2. The van der Waals surface area contributed by atoms with Crippen molar-refractivity contribution >= 4 is 11.8 Å². The maximum Gasteiger partial charge on any atom is 0.265 e. The fourth-order valence-electron chi connectivity index (χ4n) is 2.35. The van der Waals surface area contributed by atoms with Gasteiger partial charge in [0.25, 0.3) is 11.8 Å². The molecule has 1 aromatic rings. The van der Waals surface area contributed by atoms with Crippen molar-refractivity contribution in [2.75, 3.05) is 20.8 Å². The molecule has 1 aliphatic rings. The van der Waals surface area contributed by atoms with Gasteiger partial charge in [0.15, 0.2) is 0 Å². The summed E-state index contributed by atoms with van der Waals surface area (Å²) in [5, 5.41) is 0. The largest absolute Gasteiger partial charge is 0.497 e. The lowest BCUT2D eigenvalue weighted by Crippen LogP contribution is -2.30. The van der Waals surface area contributed by atoms with E-state index in [1.165, 1.54) is 19.1 Å². The van der Waals surface area contributed by atoms with Crippen LogP contribution in [0.15, 0.2) is 12.1 Å². The molecule has 108 valence electrons. The number of imide groups is 1. The molecule has 1 aromatic carbocycles. The highest BCUT2D eigenvalue weighted by Gasteiger charge is 2.38. The molecule has 0 unspecified atom stereocenters. The van der Waals surface area contributed by atoms with Crippen molar-refractivity contribution in [1.29, 1.82) is 0 Å². The van der Waals surface area contributed by atoms with Gasteiger partial charge in [-0.05, 0) is 12.5 Å². The summed E-state index contributed by atoms with van der Waals surface area (Å²) in [4.78, 5) is 26.0. The maximum atomic E-state index is 12.4. The normalized spacial score (nSPS) is 13.7. The molecule has 20 heavy (non-hydrogen) atoms. The van der Waals surface area contributed by atoms with E-state index in [1.807, 2.05) is 0 Å². The first-order valence-corrected chi connectivity index (χ1v) is 6.76. The molecule has 1 aliphatic heterocycles. The average Bonchev–Trinajstić information content (AvgIpc) is 2.71. The van der Waals surface area contributed by atoms with Crippen LogP contribution in [0.2, 0.25) is 0 Å². The van der Waals surface area contributed by atoms with Gasteiger partial charge < -0.3 is 9.47 Å². The third-order valence-corrected chi connectivity index (χ3v) is 3.45. The first-order valence-electron chi connectivity index (χ1n) is 6.76. The molecule has 0 aromatic heterocycles. The van der Waals surface area contributed by atoms with E-state index in [1.54, 1.807) is 12.1 Å². The van der Waals surface area contributed by atoms with Crippen molar-refractivity contribution in [3.05, 3.63) is 23.3 Å². The molecule has 2 rings (SSSR count). The second-order valence-electron chi connectivity index (χ2n) is 4.72. The van der Waals surface area contributed by atoms with Crippen LogP contribution in [0, 0.1) is 0 Å². The number of fused-ring (bicyclic) bond motifs is 1. The van der Waals surface area contributed by atoms with Crippen molar-refractivity contribution in [3.8, 4) is 11.5 Å². The van der Waals surface area contributed by atoms with E-state index in [2.05, 4.69) is 6.92 Å². The summed E-state index contributed by atoms with van der Waals surface area (Å²) in [5.41, 5.74) is 0.706. The summed E-state index contributed by atoms with van der Waals surface area (Å²) >= 11 is 0. The van der Waals surface area contributed by atoms with Crippen molar-refractivity contribution in [2.45, 2.75) is 26.2 Å². The number of amides is 2. The molecular weight excluding hydrogens is 258 g/mol. The Morgan fingerprint density at radius 2 is 1.80 bits per heavy atom. The maximum absolute atomic E-state index is 12.4. The Hall–Kier alpha value is -2.04. The van der Waals surface area contributed by atoms with Crippen LogP contribution in [0.1, 0.15) is 46.9 Å². The predicted molar refractivity (Wildman–Crippen MR) is 74.4 cm³/mol. The van der Waals surface area contributed by atoms with E-state index in [4.69, 9.17) is 9.47 Å². The van der Waals surface area contributed by atoms with Crippen LogP contribution in [0.3, 0.4) is 0 Å². The molecule has 0 atom stereocenters. The third kappa shape index (κ3) is 2.35. The molecule has 0 fully saturated rings. The van der Waals surface area contributed by atoms with Gasteiger partial charge in [0.1, 0.15) is 11.5 Å². The van der Waals surface area contributed by atoms with Gasteiger partial charge in [0, 0.05) is 12.6 Å². The number of carbonyl (C=O) groups excluding carboxylic acids is 2. The van der Waals surface area contributed by atoms with E-state index in [-0.39, 0.29) is 11.8 Å². The highest BCUT2D eigenvalue weighted by molar-refractivity contribution is 6.22. The first kappa shape index (κ1) is 14.4. The van der Waals surface area contributed by atoms with Gasteiger partial charge in [-0.1, -0.05) is 19.8 Å². The second-order valence-corrected chi connectivity index (χ2v) is 4.72. The van der Waals surface area contributed by atoms with Crippen LogP contribution in [-0.2, 0) is 0 Å². The Bertz CT molecular complexity index is 539. The monoisotopic (exact) mass is 277 g/mol. The van der Waals surface area contributed by atoms with Crippen molar-refractivity contribution < 1.29 is 19.1 Å². The number of methoxy groups -OCH3 is 2. The summed E-state index contributed by atoms with van der Waals surface area (Å²) in [7, 11) is 2.99. The number of hydrogen-bond acceptors (Lipinski definition) is 4. The zero-order valence-electron chi connectivity index (χ0n) is 12.1. The number of unbranched alkanes of at least 4 members (excludes halogenated alkanes) is 2. The Morgan fingerprint density at radius 3 is 2.40 bits per heavy atom. The molecule has 0 aliphatic carbocycles. The molecule has 0 spiro atoms. The molecule has 0 bridgehead atoms. The second kappa shape index (κ2) is 5.94. The van der Waals surface area contributed by atoms with E-state index >= 15 is 0 Å². The average molecular weight is 277 g/mol. The standard InChI is InChI=1S/C15H19NO4/c1-4-5-6-7-16-14(17)11-8-10(19-2)9-12(20-3)13(11)15(16)18/h8-9H,4-7H2,1-3H3. The van der Waals surface area contributed by atoms with Crippen molar-refractivity contribution in [2.24, 2.45) is 0 Å². The zero-order chi connectivity index (χ0) is 14.7. The SMILES string of the molecule is CCCCCN1C(=O)c2cc(OC)cc(OC)c2C1=O. The highest BCUT2D eigenvalue weighted by atomic mass is 16.5. The molecular formula is C15H19NO4. The lowest BCUT2D eigenvalue weighted by atomic mass is 10.1. The molecule has 0 radical (unpaired) electrons. The fraction of sp³-hybridized carbons (Fsp3) is 0.467. The molecule has 0 N–H and O–H groups in total. The van der Waals surface area contributed by atoms with E-state index < -0.39 is 0 Å². The summed E-state index contributed by atoms with van der Waals surface area (Å²) in [6, 6.07) is 3.22. The van der Waals surface area contributed by atoms with Crippen LogP contribution in [0.4, 0.5) is 0 Å². The van der Waals surface area contributed by atoms with Gasteiger partial charge >= 0.3 is 0 Å². The summed E-state index contributed by atoms with van der Waals surface area (Å²) < 4.78 is 10.3. The molecule has 5 heteroatoms. The van der Waals surface area contributed by atoms with Gasteiger partial charge in [0.2, 0.25) is 0 Å². The van der Waals surface area contributed by atoms with Crippen LogP contribution < -0.4 is 9.47 Å². The Balaban J connectivity index is 2.35. The van der Waals surface area contributed by atoms with Gasteiger partial charge in [-0.2, -0.15) is 0 Å². The van der Waals surface area contributed by atoms with E-state index in [0.717, 1.165) is 19.3 Å². The Morgan fingerprint density at radius 1 is 1.05 bits per heavy atom. The fourth-order valence-corrected chi connectivity index (χ4v) is 2.35. The number of rotatable bonds is 6. The Kier molecular flexibility index (Phi) is 4.27. The summed E-state index contributed by atoms with van der Waals surface area (Å²) in [5.74, 6) is 0.353. The minimum atomic E-state index is -0.277. The van der Waals surface area contributed by atoms with Gasteiger partial charge in [-0.15, -0.1) is 0 Å². The van der Waals surface area contributed by atoms with Gasteiger partial charge in [0.05, 0.1) is 25.3 Å². The quantitative estimate of drug-likeness (QED) is 0.592. The topological polar surface area (TPSA) is 55.8 Å². The zero-order valence-corrected chi connectivity index (χ0v) is 12.1. The van der Waals surface area contributed by atoms with Gasteiger partial charge in [-0.3, -0.25) is 14.5 Å². The smallest absolute Gasteiger partial charge is 0.265 e. The molecule has 0 saturated heterocycles. The minimum absolute atomic E-state index is 0.265. The first-order chi connectivity index (χ1) is 9.63.